The Kier molecular flexibility index (Phi) is 7.31. The van der Waals surface area contributed by atoms with Gasteiger partial charge in [0.1, 0.15) is 11.4 Å². The van der Waals surface area contributed by atoms with Crippen molar-refractivity contribution in [1.82, 2.24) is 0 Å². The molecule has 168 valence electrons. The monoisotopic (exact) mass is 467 g/mol. The van der Waals surface area contributed by atoms with Crippen molar-refractivity contribution < 1.29 is 19.6 Å². The zero-order valence-electron chi connectivity index (χ0n) is 17.3. The van der Waals surface area contributed by atoms with Crippen LogP contribution in [-0.2, 0) is 11.3 Å². The van der Waals surface area contributed by atoms with Gasteiger partial charge in [0.15, 0.2) is 0 Å². The van der Waals surface area contributed by atoms with E-state index >= 15 is 0 Å². The number of benzene rings is 3. The van der Waals surface area contributed by atoms with Gasteiger partial charge in [0, 0.05) is 31.3 Å². The van der Waals surface area contributed by atoms with Crippen molar-refractivity contribution in [2.75, 3.05) is 10.6 Å². The number of carboxylic acid groups (broad SMARTS) is 1. The van der Waals surface area contributed by atoms with E-state index in [0.29, 0.717) is 23.6 Å². The first-order chi connectivity index (χ1) is 15.7. The standard InChI is InChI=1S/C22H18ClN5O5/c1-13(29)25-21-10-16(24-12-14-2-4-15(5-3-14)22(30)31)6-8-20(21)27-26-19-9-7-17(28(32)33)11-18(19)23/h2-11,24H,12H2,1H3,(H,25,29)(H,30,31). The van der Waals surface area contributed by atoms with Gasteiger partial charge in [-0.3, -0.25) is 14.9 Å². The van der Waals surface area contributed by atoms with Crippen LogP contribution in [0.4, 0.5) is 28.4 Å². The van der Waals surface area contributed by atoms with E-state index in [9.17, 15) is 19.7 Å². The molecule has 0 atom stereocenters. The molecule has 0 unspecified atom stereocenters. The lowest BCUT2D eigenvalue weighted by Crippen LogP contribution is -2.07. The Morgan fingerprint density at radius 2 is 1.70 bits per heavy atom. The molecule has 0 aliphatic rings. The number of carboxylic acids is 1. The number of anilines is 2. The molecule has 3 aromatic carbocycles. The third kappa shape index (κ3) is 6.34. The van der Waals surface area contributed by atoms with Gasteiger partial charge in [-0.2, -0.15) is 0 Å². The van der Waals surface area contributed by atoms with Crippen LogP contribution in [0.25, 0.3) is 0 Å². The topological polar surface area (TPSA) is 146 Å². The lowest BCUT2D eigenvalue weighted by atomic mass is 10.1. The fourth-order valence-corrected chi connectivity index (χ4v) is 3.00. The van der Waals surface area contributed by atoms with Crippen molar-refractivity contribution in [3.63, 3.8) is 0 Å². The first-order valence-electron chi connectivity index (χ1n) is 9.56. The minimum absolute atomic E-state index is 0.0706. The Bertz CT molecular complexity index is 1240. The molecule has 3 aromatic rings. The first-order valence-corrected chi connectivity index (χ1v) is 9.94. The number of nitro benzene ring substituents is 1. The number of hydrogen-bond acceptors (Lipinski definition) is 7. The van der Waals surface area contributed by atoms with Gasteiger partial charge in [-0.25, -0.2) is 4.79 Å². The lowest BCUT2D eigenvalue weighted by Gasteiger charge is -2.11. The van der Waals surface area contributed by atoms with Gasteiger partial charge in [-0.1, -0.05) is 23.7 Å². The molecule has 33 heavy (non-hydrogen) atoms. The highest BCUT2D eigenvalue weighted by molar-refractivity contribution is 6.33. The predicted octanol–water partition coefficient (Wildman–Crippen LogP) is 5.93. The summed E-state index contributed by atoms with van der Waals surface area (Å²) in [6.45, 7) is 1.79. The van der Waals surface area contributed by atoms with E-state index in [4.69, 9.17) is 16.7 Å². The molecular weight excluding hydrogens is 450 g/mol. The number of nitrogens with zero attached hydrogens (tertiary/aromatic N) is 3. The summed E-state index contributed by atoms with van der Waals surface area (Å²) >= 11 is 6.05. The second kappa shape index (κ2) is 10.3. The van der Waals surface area contributed by atoms with Gasteiger partial charge in [0.05, 0.1) is 21.2 Å². The summed E-state index contributed by atoms with van der Waals surface area (Å²) < 4.78 is 0. The van der Waals surface area contributed by atoms with Gasteiger partial charge in [-0.15, -0.1) is 10.2 Å². The number of azo groups is 1. The highest BCUT2D eigenvalue weighted by atomic mass is 35.5. The smallest absolute Gasteiger partial charge is 0.335 e. The van der Waals surface area contributed by atoms with Crippen LogP contribution in [0.3, 0.4) is 0 Å². The summed E-state index contributed by atoms with van der Waals surface area (Å²) in [5.74, 6) is -1.30. The molecule has 3 rings (SSSR count). The summed E-state index contributed by atoms with van der Waals surface area (Å²) in [6.07, 6.45) is 0. The third-order valence-corrected chi connectivity index (χ3v) is 4.72. The fourth-order valence-electron chi connectivity index (χ4n) is 2.79. The van der Waals surface area contributed by atoms with Crippen LogP contribution in [0.15, 0.2) is 70.9 Å². The maximum absolute atomic E-state index is 11.6. The number of hydrogen-bond donors (Lipinski definition) is 3. The van der Waals surface area contributed by atoms with Gasteiger partial charge in [0.25, 0.3) is 5.69 Å². The molecule has 1 amide bonds. The molecule has 0 spiro atoms. The summed E-state index contributed by atoms with van der Waals surface area (Å²) in [6, 6.07) is 15.4. The minimum atomic E-state index is -0.991. The van der Waals surface area contributed by atoms with Crippen molar-refractivity contribution in [2.24, 2.45) is 10.2 Å². The summed E-state index contributed by atoms with van der Waals surface area (Å²) in [7, 11) is 0. The Morgan fingerprint density at radius 3 is 2.30 bits per heavy atom. The zero-order valence-corrected chi connectivity index (χ0v) is 18.0. The average molecular weight is 468 g/mol. The molecule has 0 aliphatic carbocycles. The van der Waals surface area contributed by atoms with Crippen LogP contribution in [0.1, 0.15) is 22.8 Å². The molecule has 0 aromatic heterocycles. The Morgan fingerprint density at radius 1 is 1.03 bits per heavy atom. The quantitative estimate of drug-likeness (QED) is 0.212. The summed E-state index contributed by atoms with van der Waals surface area (Å²) in [5, 5.41) is 33.9. The molecule has 11 heteroatoms. The first kappa shape index (κ1) is 23.4. The Labute approximate surface area is 193 Å². The molecule has 0 saturated carbocycles. The number of nitro groups is 1. The maximum Gasteiger partial charge on any atom is 0.335 e. The van der Waals surface area contributed by atoms with Gasteiger partial charge >= 0.3 is 5.97 Å². The van der Waals surface area contributed by atoms with E-state index < -0.39 is 10.9 Å². The zero-order chi connectivity index (χ0) is 24.0. The summed E-state index contributed by atoms with van der Waals surface area (Å²) in [4.78, 5) is 32.9. The lowest BCUT2D eigenvalue weighted by molar-refractivity contribution is -0.384. The Balaban J connectivity index is 1.78. The number of rotatable bonds is 8. The predicted molar refractivity (Wildman–Crippen MR) is 124 cm³/mol. The van der Waals surface area contributed by atoms with E-state index in [1.54, 1.807) is 30.3 Å². The van der Waals surface area contributed by atoms with E-state index in [-0.39, 0.29) is 27.9 Å². The van der Waals surface area contributed by atoms with E-state index in [2.05, 4.69) is 20.9 Å². The van der Waals surface area contributed by atoms with Crippen molar-refractivity contribution >= 4 is 51.9 Å². The number of carbonyl (C=O) groups excluding carboxylic acids is 1. The van der Waals surface area contributed by atoms with Crippen LogP contribution < -0.4 is 10.6 Å². The van der Waals surface area contributed by atoms with Gasteiger partial charge in [0.2, 0.25) is 5.91 Å². The van der Waals surface area contributed by atoms with Crippen molar-refractivity contribution in [3.8, 4) is 0 Å². The highest BCUT2D eigenvalue weighted by Crippen LogP contribution is 2.33. The third-order valence-electron chi connectivity index (χ3n) is 4.41. The molecule has 0 saturated heterocycles. The van der Waals surface area contributed by atoms with Crippen LogP contribution in [0.5, 0.6) is 0 Å². The van der Waals surface area contributed by atoms with E-state index in [0.717, 1.165) is 5.56 Å². The van der Waals surface area contributed by atoms with Crippen LogP contribution >= 0.6 is 11.6 Å². The number of halogens is 1. The highest BCUT2D eigenvalue weighted by Gasteiger charge is 2.10. The summed E-state index contributed by atoms with van der Waals surface area (Å²) in [5.41, 5.74) is 2.60. The number of carbonyl (C=O) groups is 2. The molecular formula is C22H18ClN5O5. The normalized spacial score (nSPS) is 10.7. The molecule has 0 radical (unpaired) electrons. The van der Waals surface area contributed by atoms with Crippen LogP contribution in [-0.4, -0.2) is 21.9 Å². The van der Waals surface area contributed by atoms with Crippen LogP contribution in [0.2, 0.25) is 5.02 Å². The van der Waals surface area contributed by atoms with Crippen molar-refractivity contribution in [1.29, 1.82) is 0 Å². The van der Waals surface area contributed by atoms with Gasteiger partial charge in [-0.05, 0) is 42.0 Å². The molecule has 3 N–H and O–H groups in total. The number of non-ortho nitro benzene ring substituents is 1. The number of amides is 1. The fraction of sp³-hybridized carbons (Fsp3) is 0.0909. The van der Waals surface area contributed by atoms with E-state index in [1.165, 1.54) is 37.3 Å². The average Bonchev–Trinajstić information content (AvgIpc) is 2.77. The Hall–Kier alpha value is -4.31. The molecule has 0 bridgehead atoms. The molecule has 0 aliphatic heterocycles. The van der Waals surface area contributed by atoms with Gasteiger partial charge < -0.3 is 15.7 Å². The largest absolute Gasteiger partial charge is 0.478 e. The SMILES string of the molecule is CC(=O)Nc1cc(NCc2ccc(C(=O)O)cc2)ccc1N=Nc1ccc([N+](=O)[O-])cc1Cl. The molecule has 0 fully saturated rings. The molecule has 10 nitrogen and oxygen atoms in total. The van der Waals surface area contributed by atoms with Crippen molar-refractivity contribution in [2.45, 2.75) is 13.5 Å². The maximum atomic E-state index is 11.6. The van der Waals surface area contributed by atoms with E-state index in [1.807, 2.05) is 0 Å². The number of aromatic carboxylic acids is 1. The second-order valence-corrected chi connectivity index (χ2v) is 7.27. The van der Waals surface area contributed by atoms with Crippen molar-refractivity contribution in [3.05, 3.63) is 86.9 Å². The minimum Gasteiger partial charge on any atom is -0.478 e. The van der Waals surface area contributed by atoms with Crippen LogP contribution in [0, 0.1) is 10.1 Å². The number of nitrogens with one attached hydrogen (secondary N) is 2. The molecule has 0 heterocycles. The second-order valence-electron chi connectivity index (χ2n) is 6.86.